The van der Waals surface area contributed by atoms with Crippen LogP contribution in [0.3, 0.4) is 0 Å². The molecule has 5 heteroatoms. The number of benzene rings is 3. The highest BCUT2D eigenvalue weighted by Crippen LogP contribution is 2.27. The molecule has 0 saturated heterocycles. The number of ether oxygens (including phenoxy) is 1. The van der Waals surface area contributed by atoms with Crippen LogP contribution in [0.5, 0.6) is 0 Å². The van der Waals surface area contributed by atoms with Crippen molar-refractivity contribution in [1.29, 1.82) is 0 Å². The summed E-state index contributed by atoms with van der Waals surface area (Å²) in [6, 6.07) is 24.1. The van der Waals surface area contributed by atoms with Crippen molar-refractivity contribution in [1.82, 2.24) is 9.97 Å². The van der Waals surface area contributed by atoms with Crippen LogP contribution in [0.25, 0.3) is 33.0 Å². The van der Waals surface area contributed by atoms with Crippen LogP contribution >= 0.6 is 0 Å². The fourth-order valence-corrected chi connectivity index (χ4v) is 3.79. The van der Waals surface area contributed by atoms with Gasteiger partial charge in [-0.3, -0.25) is 4.79 Å². The second-order valence-corrected chi connectivity index (χ2v) is 7.77. The van der Waals surface area contributed by atoms with Gasteiger partial charge in [0.1, 0.15) is 6.61 Å². The normalized spacial score (nSPS) is 11.2. The number of aromatic nitrogens is 2. The van der Waals surface area contributed by atoms with Gasteiger partial charge in [0.15, 0.2) is 11.7 Å². The van der Waals surface area contributed by atoms with Crippen molar-refractivity contribution in [3.05, 3.63) is 96.1 Å². The number of hydrogen-bond donors (Lipinski definition) is 0. The predicted octanol–water partition coefficient (Wildman–Crippen LogP) is 6.03. The van der Waals surface area contributed by atoms with Gasteiger partial charge in [-0.15, -0.1) is 0 Å². The Morgan fingerprint density at radius 1 is 0.906 bits per heavy atom. The first-order chi connectivity index (χ1) is 15.7. The van der Waals surface area contributed by atoms with E-state index >= 15 is 0 Å². The van der Waals surface area contributed by atoms with Gasteiger partial charge in [-0.05, 0) is 18.4 Å². The van der Waals surface area contributed by atoms with Crippen LogP contribution in [0.15, 0.2) is 83.4 Å². The molecule has 0 bridgehead atoms. The van der Waals surface area contributed by atoms with Gasteiger partial charge in [-0.1, -0.05) is 72.3 Å². The molecule has 0 radical (unpaired) electrons. The third kappa shape index (κ3) is 4.10. The van der Waals surface area contributed by atoms with E-state index in [1.165, 1.54) is 5.56 Å². The molecular formula is C27H22N2O3. The van der Waals surface area contributed by atoms with Gasteiger partial charge >= 0.3 is 5.97 Å². The predicted molar refractivity (Wildman–Crippen MR) is 124 cm³/mol. The van der Waals surface area contributed by atoms with Crippen LogP contribution in [0.4, 0.5) is 0 Å². The minimum atomic E-state index is -0.306. The first kappa shape index (κ1) is 19.9. The number of rotatable bonds is 6. The summed E-state index contributed by atoms with van der Waals surface area (Å²) >= 11 is 0. The quantitative estimate of drug-likeness (QED) is 0.247. The van der Waals surface area contributed by atoms with E-state index in [0.29, 0.717) is 18.1 Å². The van der Waals surface area contributed by atoms with Crippen LogP contribution in [0.2, 0.25) is 0 Å². The standard InChI is InChI=1S/C27H22N2O3/c1-18-10-12-19(13-11-18)25-16-28-26(32-25)14-15-27(30)31-17-24-22-8-3-2-6-20(22)21-7-4-5-9-23(21)29-24/h2-13,16H,14-15,17H2,1H3. The topological polar surface area (TPSA) is 65.2 Å². The first-order valence-electron chi connectivity index (χ1n) is 10.6. The largest absolute Gasteiger partial charge is 0.459 e. The van der Waals surface area contributed by atoms with Crippen molar-refractivity contribution in [2.45, 2.75) is 26.4 Å². The molecule has 0 spiro atoms. The molecule has 5 aromatic rings. The summed E-state index contributed by atoms with van der Waals surface area (Å²) in [5.41, 5.74) is 3.79. The van der Waals surface area contributed by atoms with E-state index in [0.717, 1.165) is 32.9 Å². The summed E-state index contributed by atoms with van der Waals surface area (Å²) in [7, 11) is 0. The Bertz CT molecular complexity index is 1400. The molecule has 0 aliphatic heterocycles. The lowest BCUT2D eigenvalue weighted by atomic mass is 10.0. The summed E-state index contributed by atoms with van der Waals surface area (Å²) in [4.78, 5) is 21.4. The third-order valence-electron chi connectivity index (χ3n) is 5.49. The number of aryl methyl sites for hydroxylation is 2. The highest BCUT2D eigenvalue weighted by atomic mass is 16.5. The van der Waals surface area contributed by atoms with Gasteiger partial charge in [0.2, 0.25) is 0 Å². The van der Waals surface area contributed by atoms with E-state index in [-0.39, 0.29) is 19.0 Å². The summed E-state index contributed by atoms with van der Waals surface area (Å²) < 4.78 is 11.3. The molecule has 0 amide bonds. The molecule has 5 rings (SSSR count). The fourth-order valence-electron chi connectivity index (χ4n) is 3.79. The van der Waals surface area contributed by atoms with E-state index in [1.807, 2.05) is 67.6 Å². The Labute approximate surface area is 185 Å². The summed E-state index contributed by atoms with van der Waals surface area (Å²) in [5, 5.41) is 3.19. The number of nitrogens with zero attached hydrogens (tertiary/aromatic N) is 2. The van der Waals surface area contributed by atoms with Crippen molar-refractivity contribution >= 4 is 27.6 Å². The second kappa shape index (κ2) is 8.63. The zero-order valence-corrected chi connectivity index (χ0v) is 17.7. The maximum absolute atomic E-state index is 12.4. The molecule has 0 fully saturated rings. The van der Waals surface area contributed by atoms with E-state index in [1.54, 1.807) is 6.20 Å². The van der Waals surface area contributed by atoms with Gasteiger partial charge in [0, 0.05) is 22.8 Å². The molecule has 2 heterocycles. The number of carbonyl (C=O) groups is 1. The highest BCUT2D eigenvalue weighted by Gasteiger charge is 2.13. The van der Waals surface area contributed by atoms with Gasteiger partial charge in [0.25, 0.3) is 0 Å². The molecule has 0 saturated carbocycles. The molecule has 5 nitrogen and oxygen atoms in total. The molecule has 0 atom stereocenters. The monoisotopic (exact) mass is 422 g/mol. The maximum atomic E-state index is 12.4. The van der Waals surface area contributed by atoms with Gasteiger partial charge in [0.05, 0.1) is 23.8 Å². The van der Waals surface area contributed by atoms with Crippen molar-refractivity contribution in [3.8, 4) is 11.3 Å². The van der Waals surface area contributed by atoms with Gasteiger partial charge in [-0.25, -0.2) is 9.97 Å². The molecule has 0 aliphatic rings. The van der Waals surface area contributed by atoms with Crippen LogP contribution in [0, 0.1) is 6.92 Å². The lowest BCUT2D eigenvalue weighted by Gasteiger charge is -2.10. The average molecular weight is 422 g/mol. The molecule has 3 aromatic carbocycles. The second-order valence-electron chi connectivity index (χ2n) is 7.77. The molecular weight excluding hydrogens is 400 g/mol. The average Bonchev–Trinajstić information content (AvgIpc) is 3.31. The Balaban J connectivity index is 1.25. The third-order valence-corrected chi connectivity index (χ3v) is 5.49. The molecule has 158 valence electrons. The summed E-state index contributed by atoms with van der Waals surface area (Å²) in [5.74, 6) is 0.908. The lowest BCUT2D eigenvalue weighted by molar-refractivity contribution is -0.145. The van der Waals surface area contributed by atoms with Crippen LogP contribution in [0.1, 0.15) is 23.6 Å². The Kier molecular flexibility index (Phi) is 5.38. The summed E-state index contributed by atoms with van der Waals surface area (Å²) in [6.07, 6.45) is 2.27. The van der Waals surface area contributed by atoms with Crippen LogP contribution < -0.4 is 0 Å². The Hall–Kier alpha value is -3.99. The lowest BCUT2D eigenvalue weighted by Crippen LogP contribution is -2.07. The molecule has 0 aliphatic carbocycles. The smallest absolute Gasteiger partial charge is 0.306 e. The number of para-hydroxylation sites is 1. The number of hydrogen-bond acceptors (Lipinski definition) is 5. The van der Waals surface area contributed by atoms with Crippen LogP contribution in [-0.2, 0) is 22.6 Å². The van der Waals surface area contributed by atoms with E-state index in [2.05, 4.69) is 17.1 Å². The first-order valence-corrected chi connectivity index (χ1v) is 10.6. The fraction of sp³-hybridized carbons (Fsp3) is 0.148. The summed E-state index contributed by atoms with van der Waals surface area (Å²) in [6.45, 7) is 2.17. The van der Waals surface area contributed by atoms with Gasteiger partial charge < -0.3 is 9.15 Å². The number of esters is 1. The number of pyridine rings is 1. The Morgan fingerprint density at radius 3 is 2.44 bits per heavy atom. The molecule has 2 aromatic heterocycles. The molecule has 0 N–H and O–H groups in total. The molecule has 32 heavy (non-hydrogen) atoms. The number of oxazole rings is 1. The minimum absolute atomic E-state index is 0.129. The number of carbonyl (C=O) groups excluding carboxylic acids is 1. The van der Waals surface area contributed by atoms with Gasteiger partial charge in [-0.2, -0.15) is 0 Å². The SMILES string of the molecule is Cc1ccc(-c2cnc(CCC(=O)OCc3nc4ccccc4c4ccccc34)o2)cc1. The molecule has 0 unspecified atom stereocenters. The van der Waals surface area contributed by atoms with Crippen LogP contribution in [-0.4, -0.2) is 15.9 Å². The van der Waals surface area contributed by atoms with E-state index < -0.39 is 0 Å². The van der Waals surface area contributed by atoms with E-state index in [4.69, 9.17) is 14.1 Å². The van der Waals surface area contributed by atoms with Crippen molar-refractivity contribution in [2.75, 3.05) is 0 Å². The minimum Gasteiger partial charge on any atom is -0.459 e. The van der Waals surface area contributed by atoms with Crippen molar-refractivity contribution in [2.24, 2.45) is 0 Å². The zero-order chi connectivity index (χ0) is 21.9. The zero-order valence-electron chi connectivity index (χ0n) is 17.7. The maximum Gasteiger partial charge on any atom is 0.306 e. The number of fused-ring (bicyclic) bond motifs is 3. The van der Waals surface area contributed by atoms with E-state index in [9.17, 15) is 4.79 Å². The highest BCUT2D eigenvalue weighted by molar-refractivity contribution is 6.06. The van der Waals surface area contributed by atoms with Crippen molar-refractivity contribution in [3.63, 3.8) is 0 Å². The van der Waals surface area contributed by atoms with Crippen molar-refractivity contribution < 1.29 is 13.9 Å². The Morgan fingerprint density at radius 2 is 1.62 bits per heavy atom.